The lowest BCUT2D eigenvalue weighted by molar-refractivity contribution is -0.136. The fourth-order valence-electron chi connectivity index (χ4n) is 1.87. The second-order valence-electron chi connectivity index (χ2n) is 3.92. The first-order valence-corrected chi connectivity index (χ1v) is 5.12. The highest BCUT2D eigenvalue weighted by molar-refractivity contribution is 6.08. The number of pyridine rings is 1. The average Bonchev–Trinajstić information content (AvgIpc) is 2.25. The maximum atomic E-state index is 12.9. The number of amidine groups is 1. The van der Waals surface area contributed by atoms with Crippen LogP contribution in [0.2, 0.25) is 0 Å². The molecule has 0 spiro atoms. The molecule has 0 atom stereocenters. The molecule has 0 saturated heterocycles. The second-order valence-corrected chi connectivity index (χ2v) is 3.92. The summed E-state index contributed by atoms with van der Waals surface area (Å²) in [5.74, 6) is -0.401. The maximum absolute atomic E-state index is 12.9. The van der Waals surface area contributed by atoms with Gasteiger partial charge in [-0.2, -0.15) is 13.2 Å². The lowest BCUT2D eigenvalue weighted by atomic mass is 10.0. The van der Waals surface area contributed by atoms with Crippen molar-refractivity contribution in [2.24, 2.45) is 5.73 Å². The van der Waals surface area contributed by atoms with Crippen LogP contribution in [-0.4, -0.2) is 10.8 Å². The van der Waals surface area contributed by atoms with Crippen molar-refractivity contribution in [3.05, 3.63) is 41.1 Å². The summed E-state index contributed by atoms with van der Waals surface area (Å²) < 4.78 is 38.8. The summed E-state index contributed by atoms with van der Waals surface area (Å²) in [5.41, 5.74) is 5.30. The summed E-state index contributed by atoms with van der Waals surface area (Å²) in [7, 11) is 0. The van der Waals surface area contributed by atoms with Gasteiger partial charge in [-0.05, 0) is 25.1 Å². The zero-order valence-corrected chi connectivity index (χ0v) is 9.47. The molecule has 94 valence electrons. The van der Waals surface area contributed by atoms with Gasteiger partial charge in [0.25, 0.3) is 0 Å². The normalized spacial score (nSPS) is 11.8. The minimum Gasteiger partial charge on any atom is -0.384 e. The number of alkyl halides is 3. The summed E-state index contributed by atoms with van der Waals surface area (Å²) in [6, 6.07) is 5.12. The number of fused-ring (bicyclic) bond motifs is 1. The first kappa shape index (κ1) is 12.3. The number of rotatable bonds is 1. The lowest BCUT2D eigenvalue weighted by Gasteiger charge is -2.13. The molecule has 0 bridgehead atoms. The van der Waals surface area contributed by atoms with Crippen LogP contribution in [0, 0.1) is 12.3 Å². The van der Waals surface area contributed by atoms with E-state index in [2.05, 4.69) is 4.98 Å². The van der Waals surface area contributed by atoms with Crippen molar-refractivity contribution in [1.29, 1.82) is 5.41 Å². The number of aryl methyl sites for hydroxylation is 1. The Balaban J connectivity index is 2.95. The molecule has 0 fully saturated rings. The standard InChI is InChI=1S/C12H10F3N3/c1-6-5-7(11(16)17)10-8(12(13,14)15)3-2-4-9(10)18-6/h2-5H,1H3,(H3,16,17). The van der Waals surface area contributed by atoms with Crippen molar-refractivity contribution in [3.63, 3.8) is 0 Å². The van der Waals surface area contributed by atoms with Gasteiger partial charge in [-0.1, -0.05) is 6.07 Å². The number of benzene rings is 1. The quantitative estimate of drug-likeness (QED) is 0.606. The van der Waals surface area contributed by atoms with E-state index < -0.39 is 17.6 Å². The van der Waals surface area contributed by atoms with Gasteiger partial charge in [0, 0.05) is 16.6 Å². The zero-order valence-electron chi connectivity index (χ0n) is 9.47. The number of nitrogens with two attached hydrogens (primary N) is 1. The molecule has 1 heterocycles. The molecule has 1 aromatic carbocycles. The van der Waals surface area contributed by atoms with Gasteiger partial charge in [0.1, 0.15) is 5.84 Å². The minimum atomic E-state index is -4.50. The SMILES string of the molecule is Cc1cc(C(=N)N)c2c(C(F)(F)F)cccc2n1. The molecule has 2 aromatic rings. The Morgan fingerprint density at radius 1 is 1.33 bits per heavy atom. The molecule has 0 saturated carbocycles. The first-order chi connectivity index (χ1) is 8.30. The topological polar surface area (TPSA) is 62.8 Å². The fraction of sp³-hybridized carbons (Fsp3) is 0.167. The van der Waals surface area contributed by atoms with Crippen molar-refractivity contribution < 1.29 is 13.2 Å². The number of halogens is 3. The highest BCUT2D eigenvalue weighted by Gasteiger charge is 2.33. The minimum absolute atomic E-state index is 0.0606. The predicted octanol–water partition coefficient (Wildman–Crippen LogP) is 2.85. The van der Waals surface area contributed by atoms with Gasteiger partial charge in [0.2, 0.25) is 0 Å². The molecule has 0 aliphatic heterocycles. The number of hydrogen-bond donors (Lipinski definition) is 2. The molecule has 0 amide bonds. The number of nitrogens with zero attached hydrogens (tertiary/aromatic N) is 1. The highest BCUT2D eigenvalue weighted by atomic mass is 19.4. The Kier molecular flexibility index (Phi) is 2.73. The summed E-state index contributed by atoms with van der Waals surface area (Å²) >= 11 is 0. The largest absolute Gasteiger partial charge is 0.417 e. The van der Waals surface area contributed by atoms with Gasteiger partial charge in [0.05, 0.1) is 11.1 Å². The Labute approximate surface area is 101 Å². The van der Waals surface area contributed by atoms with E-state index in [9.17, 15) is 13.2 Å². The Morgan fingerprint density at radius 2 is 2.00 bits per heavy atom. The van der Waals surface area contributed by atoms with Gasteiger partial charge in [-0.3, -0.25) is 10.4 Å². The lowest BCUT2D eigenvalue weighted by Crippen LogP contribution is -2.15. The molecule has 0 radical (unpaired) electrons. The Hall–Kier alpha value is -2.11. The van der Waals surface area contributed by atoms with Crippen LogP contribution in [0.4, 0.5) is 13.2 Å². The molecule has 0 unspecified atom stereocenters. The second kappa shape index (κ2) is 3.97. The van der Waals surface area contributed by atoms with Gasteiger partial charge in [-0.25, -0.2) is 0 Å². The van der Waals surface area contributed by atoms with Gasteiger partial charge < -0.3 is 5.73 Å². The van der Waals surface area contributed by atoms with Crippen LogP contribution in [0.3, 0.4) is 0 Å². The molecular weight excluding hydrogens is 243 g/mol. The van der Waals surface area contributed by atoms with Gasteiger partial charge in [-0.15, -0.1) is 0 Å². The summed E-state index contributed by atoms with van der Waals surface area (Å²) in [4.78, 5) is 4.04. The Bertz CT molecular complexity index is 632. The number of aromatic nitrogens is 1. The van der Waals surface area contributed by atoms with Crippen LogP contribution in [0.25, 0.3) is 10.9 Å². The van der Waals surface area contributed by atoms with Crippen molar-refractivity contribution in [1.82, 2.24) is 4.98 Å². The third-order valence-corrected chi connectivity index (χ3v) is 2.56. The van der Waals surface area contributed by atoms with Crippen LogP contribution in [0.15, 0.2) is 24.3 Å². The third kappa shape index (κ3) is 2.01. The molecule has 6 heteroatoms. The van der Waals surface area contributed by atoms with Gasteiger partial charge in [0.15, 0.2) is 0 Å². The molecular formula is C12H10F3N3. The van der Waals surface area contributed by atoms with E-state index in [0.717, 1.165) is 6.07 Å². The first-order valence-electron chi connectivity index (χ1n) is 5.12. The monoisotopic (exact) mass is 253 g/mol. The average molecular weight is 253 g/mol. The van der Waals surface area contributed by atoms with Crippen LogP contribution in [0.5, 0.6) is 0 Å². The fourth-order valence-corrected chi connectivity index (χ4v) is 1.87. The summed E-state index contributed by atoms with van der Waals surface area (Å²) in [6.45, 7) is 1.64. The molecule has 1 aromatic heterocycles. The molecule has 3 nitrogen and oxygen atoms in total. The molecule has 0 aliphatic carbocycles. The van der Waals surface area contributed by atoms with Crippen LogP contribution < -0.4 is 5.73 Å². The van der Waals surface area contributed by atoms with Crippen molar-refractivity contribution in [2.45, 2.75) is 13.1 Å². The summed E-state index contributed by atoms with van der Waals surface area (Å²) in [5, 5.41) is 7.28. The number of nitrogen functional groups attached to an aromatic ring is 1. The number of hydrogen-bond acceptors (Lipinski definition) is 2. The molecule has 3 N–H and O–H groups in total. The molecule has 18 heavy (non-hydrogen) atoms. The molecule has 0 aliphatic rings. The van der Waals surface area contributed by atoms with E-state index in [1.165, 1.54) is 18.2 Å². The molecule has 2 rings (SSSR count). The van der Waals surface area contributed by atoms with E-state index in [0.29, 0.717) is 5.69 Å². The summed E-state index contributed by atoms with van der Waals surface area (Å²) in [6.07, 6.45) is -4.50. The smallest absolute Gasteiger partial charge is 0.384 e. The van der Waals surface area contributed by atoms with E-state index in [1.54, 1.807) is 6.92 Å². The zero-order chi connectivity index (χ0) is 13.5. The van der Waals surface area contributed by atoms with E-state index in [-0.39, 0.29) is 16.5 Å². The predicted molar refractivity (Wildman–Crippen MR) is 62.5 cm³/mol. The highest BCUT2D eigenvalue weighted by Crippen LogP contribution is 2.35. The van der Waals surface area contributed by atoms with Crippen molar-refractivity contribution >= 4 is 16.7 Å². The van der Waals surface area contributed by atoms with E-state index >= 15 is 0 Å². The number of nitrogens with one attached hydrogen (secondary N) is 1. The van der Waals surface area contributed by atoms with Crippen molar-refractivity contribution in [2.75, 3.05) is 0 Å². The van der Waals surface area contributed by atoms with E-state index in [1.807, 2.05) is 0 Å². The van der Waals surface area contributed by atoms with Gasteiger partial charge >= 0.3 is 6.18 Å². The van der Waals surface area contributed by atoms with E-state index in [4.69, 9.17) is 11.1 Å². The van der Waals surface area contributed by atoms with Crippen LogP contribution >= 0.6 is 0 Å². The third-order valence-electron chi connectivity index (χ3n) is 2.56. The maximum Gasteiger partial charge on any atom is 0.417 e. The van der Waals surface area contributed by atoms with Crippen molar-refractivity contribution in [3.8, 4) is 0 Å². The van der Waals surface area contributed by atoms with Crippen LogP contribution in [0.1, 0.15) is 16.8 Å². The Morgan fingerprint density at radius 3 is 2.56 bits per heavy atom. The van der Waals surface area contributed by atoms with Crippen LogP contribution in [-0.2, 0) is 6.18 Å².